The van der Waals surface area contributed by atoms with E-state index in [1.165, 1.54) is 0 Å². The Morgan fingerprint density at radius 3 is 1.17 bits per heavy atom. The Kier molecular flexibility index (Phi) is 19.1. The number of carbonyl (C=O) groups is 3. The molecule has 29 heteroatoms. The molecule has 65 heavy (non-hydrogen) atoms. The molecule has 29 nitrogen and oxygen atoms in total. The monoisotopic (exact) mass is 951 g/mol. The van der Waals surface area contributed by atoms with Crippen LogP contribution in [-0.2, 0) is 57.0 Å². The van der Waals surface area contributed by atoms with Crippen LogP contribution in [0.2, 0.25) is 0 Å². The lowest BCUT2D eigenvalue weighted by molar-refractivity contribution is -0.401. The second kappa shape index (κ2) is 23.2. The number of hydrogen-bond donors (Lipinski definition) is 17. The van der Waals surface area contributed by atoms with E-state index in [1.54, 1.807) is 0 Å². The lowest BCUT2D eigenvalue weighted by atomic mass is 9.94. The van der Waals surface area contributed by atoms with Crippen LogP contribution in [0.15, 0.2) is 0 Å². The fraction of sp³-hybridized carbons (Fsp3) is 0.917. The normalized spacial score (nSPS) is 47.1. The molecule has 5 fully saturated rings. The quantitative estimate of drug-likeness (QED) is 0.0683. The van der Waals surface area contributed by atoms with E-state index in [1.807, 2.05) is 0 Å². The minimum absolute atomic E-state index is 0.735. The number of rotatable bonds is 16. The molecule has 0 aliphatic carbocycles. The number of aliphatic hydroxyl groups is 14. The van der Waals surface area contributed by atoms with Crippen LogP contribution in [0.4, 0.5) is 0 Å². The summed E-state index contributed by atoms with van der Waals surface area (Å²) in [7, 11) is 0. The summed E-state index contributed by atoms with van der Waals surface area (Å²) >= 11 is 0. The molecule has 0 spiro atoms. The first-order valence-electron chi connectivity index (χ1n) is 20.6. The van der Waals surface area contributed by atoms with Gasteiger partial charge in [-0.15, -0.1) is 0 Å². The molecular formula is C36H61N3O26. The second-order valence-electron chi connectivity index (χ2n) is 16.2. The maximum Gasteiger partial charge on any atom is 0.217 e. The van der Waals surface area contributed by atoms with Crippen molar-refractivity contribution in [3.63, 3.8) is 0 Å². The molecule has 0 aromatic carbocycles. The standard InChI is InChI=1S/C36H61N3O26/c1-9(45)37-17-25(53)28(15(7-43)57-32(17)56)62-35-27(55)30(29(16(8-44)61-35)63-33-18(38-10(2)46)23(51)20(48)12(4-40)58-33)64-36-31(26(54)22(50)14(6-42)60-36)65-34-19(39-11(3)47)24(52)21(49)13(5-41)59-34/h12-36,40-44,48-56H,4-8H2,1-3H3,(H,37,45)(H,38,46)(H,39,47)/t12-,13-,14-,15-,16-,17-,18-,19-,20-,21-,22-,23-,24-,25-,26+,27+,28-,29-,30-,31+,32-,33?,34+,35+,36-/m1/s1. The van der Waals surface area contributed by atoms with Crippen molar-refractivity contribution in [3.05, 3.63) is 0 Å². The Balaban J connectivity index is 1.57. The maximum absolute atomic E-state index is 12.3. The van der Waals surface area contributed by atoms with Crippen molar-refractivity contribution in [2.45, 2.75) is 174 Å². The molecule has 0 aromatic rings. The fourth-order valence-corrected chi connectivity index (χ4v) is 8.22. The molecular weight excluding hydrogens is 890 g/mol. The van der Waals surface area contributed by atoms with Crippen molar-refractivity contribution in [2.75, 3.05) is 33.0 Å². The van der Waals surface area contributed by atoms with Crippen LogP contribution in [0.1, 0.15) is 20.8 Å². The van der Waals surface area contributed by atoms with Crippen LogP contribution in [0.25, 0.3) is 0 Å². The first-order chi connectivity index (χ1) is 30.7. The zero-order valence-corrected chi connectivity index (χ0v) is 35.1. The Morgan fingerprint density at radius 2 is 0.723 bits per heavy atom. The van der Waals surface area contributed by atoms with Gasteiger partial charge in [0.05, 0.1) is 33.0 Å². The van der Waals surface area contributed by atoms with Crippen LogP contribution >= 0.6 is 0 Å². The van der Waals surface area contributed by atoms with Crippen molar-refractivity contribution in [1.82, 2.24) is 16.0 Å². The van der Waals surface area contributed by atoms with Gasteiger partial charge in [0.15, 0.2) is 31.5 Å². The highest BCUT2D eigenvalue weighted by Crippen LogP contribution is 2.37. The largest absolute Gasteiger partial charge is 0.394 e. The number of carbonyl (C=O) groups excluding carboxylic acids is 3. The van der Waals surface area contributed by atoms with Gasteiger partial charge in [-0.05, 0) is 0 Å². The molecule has 1 unspecified atom stereocenters. The average Bonchev–Trinajstić information content (AvgIpc) is 3.26. The third-order valence-electron chi connectivity index (χ3n) is 11.5. The summed E-state index contributed by atoms with van der Waals surface area (Å²) in [6.07, 6.45) is -41.7. The summed E-state index contributed by atoms with van der Waals surface area (Å²) in [5.74, 6) is -2.29. The highest BCUT2D eigenvalue weighted by Gasteiger charge is 2.58. The molecule has 0 bridgehead atoms. The molecule has 5 heterocycles. The van der Waals surface area contributed by atoms with Gasteiger partial charge in [0.2, 0.25) is 17.7 Å². The summed E-state index contributed by atoms with van der Waals surface area (Å²) in [4.78, 5) is 36.4. The lowest BCUT2D eigenvalue weighted by Crippen LogP contribution is -2.70. The molecule has 0 radical (unpaired) electrons. The van der Waals surface area contributed by atoms with Gasteiger partial charge < -0.3 is 130 Å². The van der Waals surface area contributed by atoms with E-state index in [0.29, 0.717) is 0 Å². The number of nitrogens with one attached hydrogen (secondary N) is 3. The van der Waals surface area contributed by atoms with Gasteiger partial charge in [-0.25, -0.2) is 0 Å². The Hall–Kier alpha value is -2.51. The predicted molar refractivity (Wildman–Crippen MR) is 201 cm³/mol. The van der Waals surface area contributed by atoms with Gasteiger partial charge in [-0.3, -0.25) is 14.4 Å². The van der Waals surface area contributed by atoms with Gasteiger partial charge in [-0.2, -0.15) is 0 Å². The van der Waals surface area contributed by atoms with Gasteiger partial charge in [0.25, 0.3) is 0 Å². The number of amides is 3. The maximum atomic E-state index is 12.3. The molecule has 5 rings (SSSR count). The second-order valence-corrected chi connectivity index (χ2v) is 16.2. The smallest absolute Gasteiger partial charge is 0.217 e. The van der Waals surface area contributed by atoms with Crippen LogP contribution in [0.3, 0.4) is 0 Å². The van der Waals surface area contributed by atoms with Crippen molar-refractivity contribution in [2.24, 2.45) is 0 Å². The molecule has 5 aliphatic rings. The zero-order valence-electron chi connectivity index (χ0n) is 35.1. The van der Waals surface area contributed by atoms with Crippen molar-refractivity contribution in [1.29, 1.82) is 0 Å². The molecule has 376 valence electrons. The highest BCUT2D eigenvalue weighted by molar-refractivity contribution is 5.74. The molecule has 5 saturated heterocycles. The van der Waals surface area contributed by atoms with Crippen LogP contribution in [-0.4, -0.2) is 276 Å². The van der Waals surface area contributed by atoms with Crippen molar-refractivity contribution >= 4 is 17.7 Å². The Bertz CT molecular complexity index is 1560. The van der Waals surface area contributed by atoms with Crippen LogP contribution in [0, 0.1) is 0 Å². The third-order valence-corrected chi connectivity index (χ3v) is 11.5. The molecule has 25 atom stereocenters. The molecule has 5 aliphatic heterocycles. The average molecular weight is 952 g/mol. The van der Waals surface area contributed by atoms with Crippen molar-refractivity contribution in [3.8, 4) is 0 Å². The molecule has 0 aromatic heterocycles. The molecule has 17 N–H and O–H groups in total. The van der Waals surface area contributed by atoms with E-state index in [4.69, 9.17) is 42.6 Å². The molecule has 3 amide bonds. The topological polar surface area (TPSA) is 454 Å². The predicted octanol–water partition coefficient (Wildman–Crippen LogP) is -11.5. The number of hydrogen-bond acceptors (Lipinski definition) is 26. The van der Waals surface area contributed by atoms with E-state index in [9.17, 15) is 85.9 Å². The van der Waals surface area contributed by atoms with E-state index in [2.05, 4.69) is 16.0 Å². The van der Waals surface area contributed by atoms with E-state index in [0.717, 1.165) is 20.8 Å². The first kappa shape index (κ1) is 53.4. The first-order valence-corrected chi connectivity index (χ1v) is 20.6. The summed E-state index contributed by atoms with van der Waals surface area (Å²) in [5.41, 5.74) is 0. The minimum atomic E-state index is -2.28. The highest BCUT2D eigenvalue weighted by atomic mass is 16.8. The fourth-order valence-electron chi connectivity index (χ4n) is 8.22. The van der Waals surface area contributed by atoms with E-state index in [-0.39, 0.29) is 0 Å². The lowest BCUT2D eigenvalue weighted by Gasteiger charge is -2.51. The Labute approximate surface area is 369 Å². The van der Waals surface area contributed by atoms with Crippen molar-refractivity contribution < 1.29 is 129 Å². The summed E-state index contributed by atoms with van der Waals surface area (Å²) in [5, 5.41) is 157. The van der Waals surface area contributed by atoms with Gasteiger partial charge in [-0.1, -0.05) is 0 Å². The van der Waals surface area contributed by atoms with Gasteiger partial charge in [0, 0.05) is 20.8 Å². The van der Waals surface area contributed by atoms with Gasteiger partial charge >= 0.3 is 0 Å². The van der Waals surface area contributed by atoms with Gasteiger partial charge in [0.1, 0.15) is 122 Å². The summed E-state index contributed by atoms with van der Waals surface area (Å²) in [6, 6.07) is -4.88. The summed E-state index contributed by atoms with van der Waals surface area (Å²) in [6.45, 7) is -1.70. The van der Waals surface area contributed by atoms with E-state index < -0.39 is 204 Å². The number of ether oxygens (including phenoxy) is 9. The summed E-state index contributed by atoms with van der Waals surface area (Å²) < 4.78 is 52.7. The minimum Gasteiger partial charge on any atom is -0.394 e. The Morgan fingerprint density at radius 1 is 0.369 bits per heavy atom. The zero-order chi connectivity index (χ0) is 48.2. The third kappa shape index (κ3) is 11.9. The molecule has 0 saturated carbocycles. The van der Waals surface area contributed by atoms with E-state index >= 15 is 0 Å². The number of aliphatic hydroxyl groups excluding tert-OH is 14. The SMILES string of the molecule is CC(=O)N[C@@H]1[C@@H](O)[C@H](O[C@@H]2O[C@H](CO)[C@@H](OC3O[C@H](CO)[C@@H](O)[C@H](O)[C@H]3NC(C)=O)[C@H](O[C@H]3O[C@H](CO)[C@@H](O)[C@H](O)[C@@H]3O[C@@H]3O[C@H](CO)[C@@H](O)[C@H](O)[C@H]3NC(C)=O)[C@@H]2O)[C@@H](CO)O[C@H]1O. The van der Waals surface area contributed by atoms with Crippen LogP contribution < -0.4 is 16.0 Å². The van der Waals surface area contributed by atoms with Crippen LogP contribution in [0.5, 0.6) is 0 Å².